The Balaban J connectivity index is 2.16. The molecule has 0 radical (unpaired) electrons. The molecule has 100 valence electrons. The van der Waals surface area contributed by atoms with Crippen LogP contribution in [-0.4, -0.2) is 15.9 Å². The van der Waals surface area contributed by atoms with Gasteiger partial charge in [-0.3, -0.25) is 4.79 Å². The van der Waals surface area contributed by atoms with E-state index in [0.717, 1.165) is 16.7 Å². The average Bonchev–Trinajstić information content (AvgIpc) is 2.89. The molecule has 0 fully saturated rings. The van der Waals surface area contributed by atoms with E-state index in [9.17, 15) is 4.79 Å². The molecular formula is C13H15BrN4O. The summed E-state index contributed by atoms with van der Waals surface area (Å²) in [4.78, 5) is 19.4. The maximum Gasteiger partial charge on any atom is 0.253 e. The lowest BCUT2D eigenvalue weighted by molar-refractivity contribution is 0.0935. The van der Waals surface area contributed by atoms with Crippen LogP contribution in [0.5, 0.6) is 0 Å². The van der Waals surface area contributed by atoms with Crippen LogP contribution in [0.4, 0.5) is 5.69 Å². The van der Waals surface area contributed by atoms with Crippen molar-refractivity contribution in [2.75, 3.05) is 5.73 Å². The molecule has 0 spiro atoms. The number of carbonyl (C=O) groups excluding carboxylic acids is 1. The standard InChI is InChI=1S/C13H15BrN4O/c1-2-11(12-16-5-6-17-12)18-13(19)9-4-3-8(14)7-10(9)15/h3-7,11H,2,15H2,1H3,(H,16,17)(H,18,19). The average molecular weight is 323 g/mol. The van der Waals surface area contributed by atoms with Gasteiger partial charge in [-0.05, 0) is 24.6 Å². The molecule has 6 heteroatoms. The van der Waals surface area contributed by atoms with Crippen LogP contribution in [0.3, 0.4) is 0 Å². The number of nitrogens with zero attached hydrogens (tertiary/aromatic N) is 1. The molecule has 0 saturated heterocycles. The minimum atomic E-state index is -0.201. The third-order valence-corrected chi connectivity index (χ3v) is 3.31. The molecule has 19 heavy (non-hydrogen) atoms. The second-order valence-corrected chi connectivity index (χ2v) is 5.06. The SMILES string of the molecule is CCC(NC(=O)c1ccc(Br)cc1N)c1ncc[nH]1. The summed E-state index contributed by atoms with van der Waals surface area (Å²) in [5.74, 6) is 0.541. The predicted molar refractivity (Wildman–Crippen MR) is 77.6 cm³/mol. The molecule has 1 aromatic heterocycles. The van der Waals surface area contributed by atoms with Crippen LogP contribution in [0.25, 0.3) is 0 Å². The van der Waals surface area contributed by atoms with Gasteiger partial charge in [0.2, 0.25) is 0 Å². The van der Waals surface area contributed by atoms with Crippen molar-refractivity contribution >= 4 is 27.5 Å². The highest BCUT2D eigenvalue weighted by molar-refractivity contribution is 9.10. The second-order valence-electron chi connectivity index (χ2n) is 4.14. The largest absolute Gasteiger partial charge is 0.398 e. The second kappa shape index (κ2) is 5.88. The highest BCUT2D eigenvalue weighted by atomic mass is 79.9. The fourth-order valence-corrected chi connectivity index (χ4v) is 2.19. The Morgan fingerprint density at radius 2 is 2.37 bits per heavy atom. The number of H-pyrrole nitrogens is 1. The van der Waals surface area contributed by atoms with E-state index in [2.05, 4.69) is 31.2 Å². The topological polar surface area (TPSA) is 83.8 Å². The van der Waals surface area contributed by atoms with Crippen molar-refractivity contribution in [1.29, 1.82) is 0 Å². The first-order chi connectivity index (χ1) is 9.11. The number of nitrogens with one attached hydrogen (secondary N) is 2. The Kier molecular flexibility index (Phi) is 4.21. The Labute approximate surface area is 119 Å². The smallest absolute Gasteiger partial charge is 0.253 e. The molecule has 5 nitrogen and oxygen atoms in total. The third-order valence-electron chi connectivity index (χ3n) is 2.82. The van der Waals surface area contributed by atoms with Crippen molar-refractivity contribution in [3.05, 3.63) is 46.5 Å². The van der Waals surface area contributed by atoms with Gasteiger partial charge in [-0.1, -0.05) is 22.9 Å². The quantitative estimate of drug-likeness (QED) is 0.756. The van der Waals surface area contributed by atoms with Gasteiger partial charge in [0.1, 0.15) is 5.82 Å². The third kappa shape index (κ3) is 3.14. The number of nitrogens with two attached hydrogens (primary N) is 1. The van der Waals surface area contributed by atoms with Gasteiger partial charge in [0, 0.05) is 22.6 Å². The summed E-state index contributed by atoms with van der Waals surface area (Å²) in [7, 11) is 0. The predicted octanol–water partition coefficient (Wildman–Crippen LogP) is 2.64. The molecule has 2 aromatic rings. The number of imidazole rings is 1. The molecule has 1 unspecified atom stereocenters. The maximum absolute atomic E-state index is 12.2. The van der Waals surface area contributed by atoms with Crippen molar-refractivity contribution in [2.24, 2.45) is 0 Å². The fourth-order valence-electron chi connectivity index (χ4n) is 1.81. The Bertz CT molecular complexity index is 568. The Morgan fingerprint density at radius 1 is 1.58 bits per heavy atom. The number of anilines is 1. The molecule has 4 N–H and O–H groups in total. The molecular weight excluding hydrogens is 308 g/mol. The summed E-state index contributed by atoms with van der Waals surface area (Å²) < 4.78 is 0.847. The van der Waals surface area contributed by atoms with Gasteiger partial charge in [0.15, 0.2) is 0 Å². The number of nitrogen functional groups attached to an aromatic ring is 1. The number of aromatic amines is 1. The molecule has 0 aliphatic heterocycles. The summed E-state index contributed by atoms with van der Waals surface area (Å²) in [6, 6.07) is 5.05. The zero-order chi connectivity index (χ0) is 13.8. The Morgan fingerprint density at radius 3 is 2.95 bits per heavy atom. The highest BCUT2D eigenvalue weighted by Crippen LogP contribution is 2.20. The number of benzene rings is 1. The zero-order valence-corrected chi connectivity index (χ0v) is 12.1. The monoisotopic (exact) mass is 322 g/mol. The molecule has 1 amide bonds. The van der Waals surface area contributed by atoms with E-state index in [1.54, 1.807) is 30.6 Å². The molecule has 2 rings (SSSR count). The zero-order valence-electron chi connectivity index (χ0n) is 10.5. The number of aromatic nitrogens is 2. The minimum absolute atomic E-state index is 0.148. The van der Waals surface area contributed by atoms with Crippen LogP contribution in [0, 0.1) is 0 Å². The molecule has 0 bridgehead atoms. The molecule has 0 aliphatic carbocycles. The maximum atomic E-state index is 12.2. The number of carbonyl (C=O) groups is 1. The number of hydrogen-bond donors (Lipinski definition) is 3. The van der Waals surface area contributed by atoms with E-state index >= 15 is 0 Å². The minimum Gasteiger partial charge on any atom is -0.398 e. The molecule has 1 heterocycles. The molecule has 0 aliphatic rings. The van der Waals surface area contributed by atoms with Crippen LogP contribution >= 0.6 is 15.9 Å². The summed E-state index contributed by atoms with van der Waals surface area (Å²) in [6.45, 7) is 1.98. The van der Waals surface area contributed by atoms with Crippen molar-refractivity contribution in [2.45, 2.75) is 19.4 Å². The summed E-state index contributed by atoms with van der Waals surface area (Å²) in [5, 5.41) is 2.92. The van der Waals surface area contributed by atoms with E-state index in [1.165, 1.54) is 0 Å². The first kappa shape index (κ1) is 13.6. The number of halogens is 1. The lowest BCUT2D eigenvalue weighted by atomic mass is 10.1. The van der Waals surface area contributed by atoms with E-state index in [1.807, 2.05) is 6.92 Å². The summed E-state index contributed by atoms with van der Waals surface area (Å²) >= 11 is 3.31. The Hall–Kier alpha value is -1.82. The fraction of sp³-hybridized carbons (Fsp3) is 0.231. The summed E-state index contributed by atoms with van der Waals surface area (Å²) in [6.07, 6.45) is 4.14. The highest BCUT2D eigenvalue weighted by Gasteiger charge is 2.17. The van der Waals surface area contributed by atoms with Gasteiger partial charge in [0.25, 0.3) is 5.91 Å². The van der Waals surface area contributed by atoms with Crippen molar-refractivity contribution in [3.8, 4) is 0 Å². The molecule has 1 aromatic carbocycles. The summed E-state index contributed by atoms with van der Waals surface area (Å²) in [5.41, 5.74) is 6.76. The first-order valence-electron chi connectivity index (χ1n) is 5.97. The van der Waals surface area contributed by atoms with Gasteiger partial charge in [-0.15, -0.1) is 0 Å². The number of amides is 1. The van der Waals surface area contributed by atoms with Crippen LogP contribution in [-0.2, 0) is 0 Å². The van der Waals surface area contributed by atoms with Gasteiger partial charge in [-0.25, -0.2) is 4.98 Å². The van der Waals surface area contributed by atoms with Crippen molar-refractivity contribution in [1.82, 2.24) is 15.3 Å². The van der Waals surface area contributed by atoms with Crippen LogP contribution in [0.2, 0.25) is 0 Å². The van der Waals surface area contributed by atoms with Gasteiger partial charge < -0.3 is 16.0 Å². The normalized spacial score (nSPS) is 12.1. The molecule has 0 saturated carbocycles. The van der Waals surface area contributed by atoms with Gasteiger partial charge in [-0.2, -0.15) is 0 Å². The first-order valence-corrected chi connectivity index (χ1v) is 6.76. The lowest BCUT2D eigenvalue weighted by Gasteiger charge is -2.15. The van der Waals surface area contributed by atoms with Crippen molar-refractivity contribution in [3.63, 3.8) is 0 Å². The van der Waals surface area contributed by atoms with Gasteiger partial charge in [0.05, 0.1) is 11.6 Å². The van der Waals surface area contributed by atoms with Gasteiger partial charge >= 0.3 is 0 Å². The van der Waals surface area contributed by atoms with E-state index in [0.29, 0.717) is 11.3 Å². The van der Waals surface area contributed by atoms with E-state index in [-0.39, 0.29) is 11.9 Å². The van der Waals surface area contributed by atoms with Crippen LogP contribution < -0.4 is 11.1 Å². The lowest BCUT2D eigenvalue weighted by Crippen LogP contribution is -2.29. The van der Waals surface area contributed by atoms with Crippen LogP contribution in [0.1, 0.15) is 35.6 Å². The van der Waals surface area contributed by atoms with E-state index < -0.39 is 0 Å². The number of rotatable bonds is 4. The van der Waals surface area contributed by atoms with E-state index in [4.69, 9.17) is 5.73 Å². The number of hydrogen-bond acceptors (Lipinski definition) is 3. The van der Waals surface area contributed by atoms with Crippen molar-refractivity contribution < 1.29 is 4.79 Å². The molecule has 1 atom stereocenters. The van der Waals surface area contributed by atoms with Crippen LogP contribution in [0.15, 0.2) is 35.1 Å².